The molecule has 1 aromatic rings. The van der Waals surface area contributed by atoms with Crippen molar-refractivity contribution in [2.75, 3.05) is 13.6 Å². The van der Waals surface area contributed by atoms with E-state index in [9.17, 15) is 13.6 Å². The van der Waals surface area contributed by atoms with Crippen molar-refractivity contribution < 1.29 is 13.6 Å². The van der Waals surface area contributed by atoms with Crippen molar-refractivity contribution in [1.29, 1.82) is 0 Å². The Balaban J connectivity index is 1.92. The van der Waals surface area contributed by atoms with Crippen molar-refractivity contribution in [3.8, 4) is 0 Å². The van der Waals surface area contributed by atoms with Crippen LogP contribution in [-0.2, 0) is 17.8 Å². The van der Waals surface area contributed by atoms with Gasteiger partial charge in [-0.1, -0.05) is 6.92 Å². The number of alkyl halides is 2. The number of carbonyl (C=O) groups excluding carboxylic acids is 1. The van der Waals surface area contributed by atoms with Crippen molar-refractivity contribution in [3.63, 3.8) is 0 Å². The molecular weight excluding hydrogens is 272 g/mol. The molecule has 1 amide bonds. The number of carbonyl (C=O) groups is 1. The van der Waals surface area contributed by atoms with Gasteiger partial charge in [-0.15, -0.1) is 11.3 Å². The van der Waals surface area contributed by atoms with Gasteiger partial charge >= 0.3 is 0 Å². The number of halogens is 2. The zero-order chi connectivity index (χ0) is 14.0. The monoisotopic (exact) mass is 289 g/mol. The first-order valence-corrected chi connectivity index (χ1v) is 7.02. The second-order valence-electron chi connectivity index (χ2n) is 4.76. The Bertz CT molecular complexity index is 464. The molecule has 7 heteroatoms. The van der Waals surface area contributed by atoms with Crippen molar-refractivity contribution in [1.82, 2.24) is 15.2 Å². The van der Waals surface area contributed by atoms with Crippen LogP contribution in [0.5, 0.6) is 0 Å². The zero-order valence-corrected chi connectivity index (χ0v) is 11.8. The van der Waals surface area contributed by atoms with Gasteiger partial charge in [-0.3, -0.25) is 10.1 Å². The highest BCUT2D eigenvalue weighted by Gasteiger charge is 2.43. The highest BCUT2D eigenvalue weighted by Crippen LogP contribution is 2.26. The summed E-state index contributed by atoms with van der Waals surface area (Å²) in [5.74, 6) is -3.08. The van der Waals surface area contributed by atoms with E-state index >= 15 is 0 Å². The molecule has 0 aromatic carbocycles. The predicted molar refractivity (Wildman–Crippen MR) is 69.3 cm³/mol. The molecule has 1 aliphatic rings. The Morgan fingerprint density at radius 2 is 2.42 bits per heavy atom. The van der Waals surface area contributed by atoms with E-state index in [1.54, 1.807) is 24.6 Å². The van der Waals surface area contributed by atoms with Crippen LogP contribution in [0.2, 0.25) is 0 Å². The van der Waals surface area contributed by atoms with Crippen molar-refractivity contribution in [2.24, 2.45) is 0 Å². The zero-order valence-electron chi connectivity index (χ0n) is 10.9. The van der Waals surface area contributed by atoms with E-state index in [-0.39, 0.29) is 5.91 Å². The molecule has 0 saturated carbocycles. The van der Waals surface area contributed by atoms with Crippen LogP contribution in [0.25, 0.3) is 0 Å². The first-order chi connectivity index (χ1) is 8.91. The van der Waals surface area contributed by atoms with E-state index in [1.807, 2.05) is 6.92 Å². The third-order valence-electron chi connectivity index (χ3n) is 3.11. The minimum Gasteiger partial charge on any atom is -0.338 e. The van der Waals surface area contributed by atoms with Crippen LogP contribution in [0.3, 0.4) is 0 Å². The SMILES string of the molecule is CCc1cnc(CN(C)C(=O)C2CC(F)(F)CN2)s1. The maximum atomic E-state index is 13.1. The van der Waals surface area contributed by atoms with E-state index in [0.717, 1.165) is 16.3 Å². The molecule has 1 saturated heterocycles. The van der Waals surface area contributed by atoms with Crippen molar-refractivity contribution >= 4 is 17.2 Å². The van der Waals surface area contributed by atoms with Gasteiger partial charge in [0.1, 0.15) is 5.01 Å². The van der Waals surface area contributed by atoms with Crippen LogP contribution in [-0.4, -0.2) is 41.3 Å². The lowest BCUT2D eigenvalue weighted by Gasteiger charge is -2.19. The van der Waals surface area contributed by atoms with Crippen molar-refractivity contribution in [2.45, 2.75) is 38.3 Å². The van der Waals surface area contributed by atoms with Gasteiger partial charge in [-0.2, -0.15) is 0 Å². The van der Waals surface area contributed by atoms with Crippen molar-refractivity contribution in [3.05, 3.63) is 16.1 Å². The lowest BCUT2D eigenvalue weighted by molar-refractivity contribution is -0.132. The van der Waals surface area contributed by atoms with E-state index in [0.29, 0.717) is 6.54 Å². The molecule has 1 atom stereocenters. The number of nitrogens with zero attached hydrogens (tertiary/aromatic N) is 2. The summed E-state index contributed by atoms with van der Waals surface area (Å²) < 4.78 is 26.1. The summed E-state index contributed by atoms with van der Waals surface area (Å²) in [5.41, 5.74) is 0. The van der Waals surface area contributed by atoms with Crippen LogP contribution >= 0.6 is 11.3 Å². The second kappa shape index (κ2) is 5.50. The summed E-state index contributed by atoms with van der Waals surface area (Å²) in [6.45, 7) is 1.98. The Labute approximate surface area is 114 Å². The maximum Gasteiger partial charge on any atom is 0.262 e. The van der Waals surface area contributed by atoms with Gasteiger partial charge in [-0.25, -0.2) is 13.8 Å². The molecule has 1 fully saturated rings. The first-order valence-electron chi connectivity index (χ1n) is 6.21. The van der Waals surface area contributed by atoms with Gasteiger partial charge < -0.3 is 4.90 Å². The fourth-order valence-electron chi connectivity index (χ4n) is 2.02. The van der Waals surface area contributed by atoms with Gasteiger partial charge in [0.2, 0.25) is 5.91 Å². The molecule has 0 aliphatic carbocycles. The number of amides is 1. The smallest absolute Gasteiger partial charge is 0.262 e. The van der Waals surface area contributed by atoms with Gasteiger partial charge in [0.25, 0.3) is 5.92 Å². The summed E-state index contributed by atoms with van der Waals surface area (Å²) in [6, 6.07) is -0.786. The first kappa shape index (κ1) is 14.3. The summed E-state index contributed by atoms with van der Waals surface area (Å²) in [5, 5.41) is 3.40. The van der Waals surface area contributed by atoms with Crippen LogP contribution in [0.15, 0.2) is 6.20 Å². The third kappa shape index (κ3) is 3.48. The highest BCUT2D eigenvalue weighted by molar-refractivity contribution is 7.11. The molecule has 2 rings (SSSR count). The Kier molecular flexibility index (Phi) is 4.15. The quantitative estimate of drug-likeness (QED) is 0.917. The molecule has 0 radical (unpaired) electrons. The number of aromatic nitrogens is 1. The van der Waals surface area contributed by atoms with Gasteiger partial charge in [0.05, 0.1) is 19.1 Å². The average molecular weight is 289 g/mol. The van der Waals surface area contributed by atoms with Crippen LogP contribution in [0, 0.1) is 0 Å². The fourth-order valence-corrected chi connectivity index (χ4v) is 2.94. The molecule has 1 N–H and O–H groups in total. The minimum atomic E-state index is -2.78. The molecule has 19 heavy (non-hydrogen) atoms. The normalized spacial score (nSPS) is 21.6. The average Bonchev–Trinajstić information content (AvgIpc) is 2.94. The number of hydrogen-bond donors (Lipinski definition) is 1. The fraction of sp³-hybridized carbons (Fsp3) is 0.667. The molecule has 1 aromatic heterocycles. The maximum absolute atomic E-state index is 13.1. The highest BCUT2D eigenvalue weighted by atomic mass is 32.1. The van der Waals surface area contributed by atoms with E-state index in [1.165, 1.54) is 4.90 Å². The number of aryl methyl sites for hydroxylation is 1. The van der Waals surface area contributed by atoms with Gasteiger partial charge in [0.15, 0.2) is 0 Å². The predicted octanol–water partition coefficient (Wildman–Crippen LogP) is 1.66. The van der Waals surface area contributed by atoms with Crippen LogP contribution in [0.4, 0.5) is 8.78 Å². The Hall–Kier alpha value is -1.08. The molecular formula is C12H17F2N3OS. The van der Waals surface area contributed by atoms with Gasteiger partial charge in [0, 0.05) is 24.5 Å². The van der Waals surface area contributed by atoms with E-state index in [4.69, 9.17) is 0 Å². The van der Waals surface area contributed by atoms with Gasteiger partial charge in [-0.05, 0) is 6.42 Å². The number of nitrogens with one attached hydrogen (secondary N) is 1. The number of likely N-dealkylation sites (N-methyl/N-ethyl adjacent to an activating group) is 1. The molecule has 2 heterocycles. The topological polar surface area (TPSA) is 45.2 Å². The molecule has 1 aliphatic heterocycles. The Morgan fingerprint density at radius 3 is 2.95 bits per heavy atom. The van der Waals surface area contributed by atoms with E-state index < -0.39 is 24.9 Å². The molecule has 4 nitrogen and oxygen atoms in total. The van der Waals surface area contributed by atoms with Crippen LogP contribution in [0.1, 0.15) is 23.2 Å². The number of hydrogen-bond acceptors (Lipinski definition) is 4. The summed E-state index contributed by atoms with van der Waals surface area (Å²) in [6.07, 6.45) is 2.28. The molecule has 106 valence electrons. The Morgan fingerprint density at radius 1 is 1.68 bits per heavy atom. The number of thiazole rings is 1. The summed E-state index contributed by atoms with van der Waals surface area (Å²) >= 11 is 1.55. The minimum absolute atomic E-state index is 0.301. The molecule has 0 spiro atoms. The largest absolute Gasteiger partial charge is 0.338 e. The molecule has 0 bridgehead atoms. The third-order valence-corrected chi connectivity index (χ3v) is 4.23. The lowest BCUT2D eigenvalue weighted by Crippen LogP contribution is -2.41. The second-order valence-corrected chi connectivity index (χ2v) is 5.96. The summed E-state index contributed by atoms with van der Waals surface area (Å²) in [4.78, 5) is 18.9. The number of rotatable bonds is 4. The van der Waals surface area contributed by atoms with E-state index in [2.05, 4.69) is 10.3 Å². The summed E-state index contributed by atoms with van der Waals surface area (Å²) in [7, 11) is 1.62. The van der Waals surface area contributed by atoms with Crippen LogP contribution < -0.4 is 5.32 Å². The lowest BCUT2D eigenvalue weighted by atomic mass is 10.2. The standard InChI is InChI=1S/C12H17F2N3OS/c1-3-8-5-15-10(19-8)6-17(2)11(18)9-4-12(13,14)7-16-9/h5,9,16H,3-4,6-7H2,1-2H3. The molecule has 1 unspecified atom stereocenters.